The molecule has 0 amide bonds. The van der Waals surface area contributed by atoms with Gasteiger partial charge < -0.3 is 14.5 Å². The second-order valence-corrected chi connectivity index (χ2v) is 6.16. The molecule has 2 N–H and O–H groups in total. The van der Waals surface area contributed by atoms with Gasteiger partial charge in [-0.05, 0) is 23.3 Å². The summed E-state index contributed by atoms with van der Waals surface area (Å²) in [4.78, 5) is 12.3. The molecule has 0 unspecified atom stereocenters. The number of carbonyl (C=O) groups is 1. The highest BCUT2D eigenvalue weighted by Gasteiger charge is 2.33. The minimum absolute atomic E-state index is 0.0681. The van der Waals surface area contributed by atoms with Crippen LogP contribution in [0.5, 0.6) is 5.75 Å². The summed E-state index contributed by atoms with van der Waals surface area (Å²) in [6, 6.07) is 22.6. The van der Waals surface area contributed by atoms with Gasteiger partial charge in [0.05, 0.1) is 0 Å². The van der Waals surface area contributed by atoms with E-state index in [1.54, 1.807) is 16.8 Å². The van der Waals surface area contributed by atoms with Crippen molar-refractivity contribution in [2.24, 2.45) is 0 Å². The Kier molecular flexibility index (Phi) is 4.80. The predicted octanol–water partition coefficient (Wildman–Crippen LogP) is 3.05. The molecule has 0 aliphatic rings. The predicted molar refractivity (Wildman–Crippen MR) is 96.3 cm³/mol. The second kappa shape index (κ2) is 7.18. The van der Waals surface area contributed by atoms with Gasteiger partial charge >= 0.3 is 0 Å². The van der Waals surface area contributed by atoms with E-state index in [0.717, 1.165) is 17.4 Å². The summed E-state index contributed by atoms with van der Waals surface area (Å²) in [5.41, 5.74) is 0.946. The van der Waals surface area contributed by atoms with Crippen molar-refractivity contribution in [2.75, 3.05) is 0 Å². The normalized spacial score (nSPS) is 11.2. The number of rotatable bonds is 6. The first-order valence-corrected chi connectivity index (χ1v) is 8.14. The van der Waals surface area contributed by atoms with Crippen LogP contribution in [0.4, 0.5) is 0 Å². The average Bonchev–Trinajstić information content (AvgIpc) is 2.65. The van der Waals surface area contributed by atoms with E-state index in [-0.39, 0.29) is 11.2 Å². The maximum Gasteiger partial charge on any atom is 0.168 e. The first-order valence-electron chi connectivity index (χ1n) is 8.14. The van der Waals surface area contributed by atoms with Crippen molar-refractivity contribution < 1.29 is 9.90 Å². The van der Waals surface area contributed by atoms with E-state index in [1.807, 2.05) is 60.7 Å². The number of hydrogen-bond donors (Lipinski definition) is 2. The first-order chi connectivity index (χ1) is 12.1. The lowest BCUT2D eigenvalue weighted by molar-refractivity contribution is -0.115. The molecule has 0 atom stereocenters. The number of pyridine rings is 1. The Morgan fingerprint density at radius 1 is 0.880 bits per heavy atom. The van der Waals surface area contributed by atoms with Crippen LogP contribution in [-0.2, 0) is 23.2 Å². The van der Waals surface area contributed by atoms with Gasteiger partial charge in [0.1, 0.15) is 11.8 Å². The Morgan fingerprint density at radius 2 is 1.40 bits per heavy atom. The number of aldehydes is 1. The third-order valence-electron chi connectivity index (χ3n) is 4.38. The maximum absolute atomic E-state index is 12.3. The Hall–Kier alpha value is -3.14. The minimum Gasteiger partial charge on any atom is -0.504 e. The first kappa shape index (κ1) is 16.7. The number of hydrogen-bond acceptors (Lipinski definition) is 3. The Morgan fingerprint density at radius 3 is 1.88 bits per heavy atom. The van der Waals surface area contributed by atoms with Crippen LogP contribution in [0.25, 0.3) is 0 Å². The number of nitrogens with zero attached hydrogens (tertiary/aromatic N) is 1. The molecule has 3 aromatic rings. The number of carbonyl (C=O) groups excluding carboxylic acids is 1. The van der Waals surface area contributed by atoms with E-state index in [0.29, 0.717) is 12.8 Å². The summed E-state index contributed by atoms with van der Waals surface area (Å²) < 4.78 is 1.56. The van der Waals surface area contributed by atoms with Crippen LogP contribution < -0.4 is 5.49 Å². The molecule has 0 radical (unpaired) electrons. The maximum atomic E-state index is 12.3. The fourth-order valence-corrected chi connectivity index (χ4v) is 3.14. The van der Waals surface area contributed by atoms with E-state index in [2.05, 4.69) is 0 Å². The number of aromatic hydroxyl groups is 1. The highest BCUT2D eigenvalue weighted by Crippen LogP contribution is 2.25. The molecule has 0 spiro atoms. The van der Waals surface area contributed by atoms with Crippen LogP contribution in [0.15, 0.2) is 79.0 Å². The van der Waals surface area contributed by atoms with E-state index < -0.39 is 5.54 Å². The van der Waals surface area contributed by atoms with Crippen molar-refractivity contribution in [3.63, 3.8) is 0 Å². The van der Waals surface area contributed by atoms with Crippen LogP contribution >= 0.6 is 0 Å². The zero-order valence-electron chi connectivity index (χ0n) is 13.8. The summed E-state index contributed by atoms with van der Waals surface area (Å²) in [6.07, 6.45) is 3.45. The van der Waals surface area contributed by atoms with Crippen molar-refractivity contribution in [2.45, 2.75) is 18.4 Å². The van der Waals surface area contributed by atoms with Gasteiger partial charge in [-0.1, -0.05) is 60.7 Å². The van der Waals surface area contributed by atoms with Gasteiger partial charge in [-0.3, -0.25) is 5.41 Å². The van der Waals surface area contributed by atoms with Crippen molar-refractivity contribution in [3.05, 3.63) is 95.6 Å². The topological polar surface area (TPSA) is 66.1 Å². The number of aromatic nitrogens is 1. The summed E-state index contributed by atoms with van der Waals surface area (Å²) in [5.74, 6) is -0.144. The lowest BCUT2D eigenvalue weighted by Gasteiger charge is -2.32. The Balaban J connectivity index is 2.13. The fourth-order valence-electron chi connectivity index (χ4n) is 3.14. The highest BCUT2D eigenvalue weighted by molar-refractivity contribution is 5.64. The fraction of sp³-hybridized carbons (Fsp3) is 0.143. The third-order valence-corrected chi connectivity index (χ3v) is 4.38. The summed E-state index contributed by atoms with van der Waals surface area (Å²) in [5, 5.41) is 18.2. The van der Waals surface area contributed by atoms with Gasteiger partial charge in [0.15, 0.2) is 11.2 Å². The molecule has 0 bridgehead atoms. The summed E-state index contributed by atoms with van der Waals surface area (Å²) >= 11 is 0. The van der Waals surface area contributed by atoms with Gasteiger partial charge in [-0.15, -0.1) is 0 Å². The van der Waals surface area contributed by atoms with Gasteiger partial charge in [-0.2, -0.15) is 0 Å². The molecular formula is C21H20N2O2. The van der Waals surface area contributed by atoms with E-state index in [1.165, 1.54) is 6.07 Å². The van der Waals surface area contributed by atoms with Crippen molar-refractivity contribution in [1.29, 1.82) is 5.41 Å². The molecule has 1 heterocycles. The largest absolute Gasteiger partial charge is 0.504 e. The molecule has 3 rings (SSSR count). The standard InChI is InChI=1S/C21H20N2O2/c22-20-19(25)12-7-13-23(20)21(16-24,14-17-8-3-1-4-9-17)15-18-10-5-2-6-11-18/h1-13,16,22,25H,14-15H2. The third kappa shape index (κ3) is 3.53. The minimum atomic E-state index is -0.988. The lowest BCUT2D eigenvalue weighted by atomic mass is 9.85. The van der Waals surface area contributed by atoms with Crippen molar-refractivity contribution in [3.8, 4) is 5.75 Å². The monoisotopic (exact) mass is 332 g/mol. The molecule has 0 saturated carbocycles. The molecule has 0 aliphatic carbocycles. The second-order valence-electron chi connectivity index (χ2n) is 6.16. The SMILES string of the molecule is N=c1c(O)cccn1C(C=O)(Cc1ccccc1)Cc1ccccc1. The van der Waals surface area contributed by atoms with Gasteiger partial charge in [0, 0.05) is 19.0 Å². The lowest BCUT2D eigenvalue weighted by Crippen LogP contribution is -2.45. The molecule has 0 saturated heterocycles. The van der Waals surface area contributed by atoms with Crippen LogP contribution in [-0.4, -0.2) is 16.0 Å². The van der Waals surface area contributed by atoms with Crippen molar-refractivity contribution >= 4 is 6.29 Å². The van der Waals surface area contributed by atoms with Crippen LogP contribution in [0, 0.1) is 5.41 Å². The zero-order valence-corrected chi connectivity index (χ0v) is 13.8. The van der Waals surface area contributed by atoms with Gasteiger partial charge in [-0.25, -0.2) is 0 Å². The molecule has 2 aromatic carbocycles. The highest BCUT2D eigenvalue weighted by atomic mass is 16.3. The molecule has 1 aromatic heterocycles. The number of benzene rings is 2. The van der Waals surface area contributed by atoms with E-state index in [4.69, 9.17) is 5.41 Å². The quantitative estimate of drug-likeness (QED) is 0.681. The van der Waals surface area contributed by atoms with E-state index >= 15 is 0 Å². The van der Waals surface area contributed by atoms with Crippen LogP contribution in [0.3, 0.4) is 0 Å². The molecular weight excluding hydrogens is 312 g/mol. The van der Waals surface area contributed by atoms with Gasteiger partial charge in [0.25, 0.3) is 0 Å². The van der Waals surface area contributed by atoms with Crippen LogP contribution in [0.1, 0.15) is 11.1 Å². The average molecular weight is 332 g/mol. The number of nitrogens with one attached hydrogen (secondary N) is 1. The summed E-state index contributed by atoms with van der Waals surface area (Å²) in [7, 11) is 0. The molecule has 4 nitrogen and oxygen atoms in total. The zero-order chi connectivity index (χ0) is 17.7. The molecule has 25 heavy (non-hydrogen) atoms. The molecule has 126 valence electrons. The molecule has 4 heteroatoms. The molecule has 0 aliphatic heterocycles. The van der Waals surface area contributed by atoms with E-state index in [9.17, 15) is 9.90 Å². The molecule has 0 fully saturated rings. The van der Waals surface area contributed by atoms with Crippen molar-refractivity contribution in [1.82, 2.24) is 4.57 Å². The van der Waals surface area contributed by atoms with Gasteiger partial charge in [0.2, 0.25) is 0 Å². The Labute approximate surface area is 146 Å². The Bertz CT molecular complexity index is 860. The summed E-state index contributed by atoms with van der Waals surface area (Å²) in [6.45, 7) is 0. The van der Waals surface area contributed by atoms with Crippen LogP contribution in [0.2, 0.25) is 0 Å². The smallest absolute Gasteiger partial charge is 0.168 e.